The van der Waals surface area contributed by atoms with E-state index in [2.05, 4.69) is 78.5 Å². The van der Waals surface area contributed by atoms with Crippen molar-refractivity contribution in [2.45, 2.75) is 70.4 Å². The third-order valence-corrected chi connectivity index (χ3v) is 8.30. The van der Waals surface area contributed by atoms with Crippen LogP contribution in [0.5, 0.6) is 5.75 Å². The molecule has 198 valence electrons. The molecule has 1 N–H and O–H groups in total. The highest BCUT2D eigenvalue weighted by molar-refractivity contribution is 5.90. The Balaban J connectivity index is 1.47. The number of fused-ring (bicyclic) bond motifs is 1. The van der Waals surface area contributed by atoms with Gasteiger partial charge in [-0.25, -0.2) is 9.97 Å². The first-order chi connectivity index (χ1) is 18.1. The van der Waals surface area contributed by atoms with E-state index in [1.165, 1.54) is 16.5 Å². The van der Waals surface area contributed by atoms with Gasteiger partial charge in [0, 0.05) is 25.0 Å². The first kappa shape index (κ1) is 25.9. The Kier molecular flexibility index (Phi) is 7.96. The summed E-state index contributed by atoms with van der Waals surface area (Å²) in [5.74, 6) is 3.65. The van der Waals surface area contributed by atoms with Crippen molar-refractivity contribution in [3.05, 3.63) is 59.4 Å². The highest BCUT2D eigenvalue weighted by Gasteiger charge is 2.50. The fraction of sp³-hybridized carbons (Fsp3) is 0.548. The van der Waals surface area contributed by atoms with Gasteiger partial charge >= 0.3 is 0 Å². The van der Waals surface area contributed by atoms with Crippen LogP contribution in [-0.2, 0) is 12.1 Å². The molecule has 0 atom stereocenters. The van der Waals surface area contributed by atoms with Crippen LogP contribution >= 0.6 is 0 Å². The number of hydrogen-bond acceptors (Lipinski definition) is 6. The van der Waals surface area contributed by atoms with E-state index in [9.17, 15) is 0 Å². The molecule has 0 radical (unpaired) electrons. The molecule has 1 saturated carbocycles. The van der Waals surface area contributed by atoms with Crippen molar-refractivity contribution in [3.63, 3.8) is 0 Å². The zero-order chi connectivity index (χ0) is 25.8. The molecule has 1 aromatic heterocycles. The van der Waals surface area contributed by atoms with Gasteiger partial charge in [-0.05, 0) is 93.9 Å². The lowest BCUT2D eigenvalue weighted by Crippen LogP contribution is -2.36. The second kappa shape index (κ2) is 11.4. The summed E-state index contributed by atoms with van der Waals surface area (Å²) in [5, 5.41) is 4.74. The molecule has 0 spiro atoms. The van der Waals surface area contributed by atoms with Gasteiger partial charge in [0.2, 0.25) is 0 Å². The third-order valence-electron chi connectivity index (χ3n) is 8.30. The number of piperidine rings is 1. The normalized spacial score (nSPS) is 17.5. The van der Waals surface area contributed by atoms with E-state index in [1.54, 1.807) is 7.11 Å². The minimum atomic E-state index is -0.00394. The van der Waals surface area contributed by atoms with Gasteiger partial charge in [0.1, 0.15) is 11.6 Å². The molecule has 0 amide bonds. The van der Waals surface area contributed by atoms with Crippen LogP contribution in [0, 0.1) is 0 Å². The third kappa shape index (κ3) is 5.32. The molecule has 1 saturated heterocycles. The van der Waals surface area contributed by atoms with E-state index < -0.39 is 0 Å². The number of nitrogens with zero attached hydrogens (tertiary/aromatic N) is 4. The maximum absolute atomic E-state index is 5.68. The van der Waals surface area contributed by atoms with Crippen molar-refractivity contribution >= 4 is 16.7 Å². The Morgan fingerprint density at radius 3 is 2.54 bits per heavy atom. The number of rotatable bonds is 11. The largest absolute Gasteiger partial charge is 0.496 e. The Morgan fingerprint density at radius 1 is 1.05 bits per heavy atom. The smallest absolute Gasteiger partial charge is 0.151 e. The molecule has 1 aliphatic carbocycles. The fourth-order valence-electron chi connectivity index (χ4n) is 5.98. The van der Waals surface area contributed by atoms with Crippen LogP contribution in [0.3, 0.4) is 0 Å². The summed E-state index contributed by atoms with van der Waals surface area (Å²) in [6.07, 6.45) is 6.76. The molecule has 0 unspecified atom stereocenters. The Hall–Kier alpha value is -2.70. The second-order valence-corrected chi connectivity index (χ2v) is 10.9. The Morgan fingerprint density at radius 2 is 1.84 bits per heavy atom. The van der Waals surface area contributed by atoms with Crippen LogP contribution in [-0.4, -0.2) is 55.2 Å². The molecule has 37 heavy (non-hydrogen) atoms. The molecule has 0 bridgehead atoms. The quantitative estimate of drug-likeness (QED) is 0.333. The van der Waals surface area contributed by atoms with E-state index in [1.807, 2.05) is 0 Å². The summed E-state index contributed by atoms with van der Waals surface area (Å²) in [6, 6.07) is 15.3. The van der Waals surface area contributed by atoms with Crippen molar-refractivity contribution < 1.29 is 4.74 Å². The lowest BCUT2D eigenvalue weighted by Gasteiger charge is -2.35. The van der Waals surface area contributed by atoms with E-state index in [4.69, 9.17) is 14.7 Å². The van der Waals surface area contributed by atoms with Gasteiger partial charge in [-0.1, -0.05) is 38.1 Å². The van der Waals surface area contributed by atoms with Crippen molar-refractivity contribution in [2.75, 3.05) is 45.2 Å². The van der Waals surface area contributed by atoms with Crippen LogP contribution in [0.1, 0.15) is 75.2 Å². The van der Waals surface area contributed by atoms with Crippen LogP contribution in [0.2, 0.25) is 0 Å². The average molecular weight is 502 g/mol. The van der Waals surface area contributed by atoms with Crippen molar-refractivity contribution in [1.29, 1.82) is 0 Å². The van der Waals surface area contributed by atoms with Gasteiger partial charge in [0.15, 0.2) is 5.82 Å². The van der Waals surface area contributed by atoms with Gasteiger partial charge in [-0.15, -0.1) is 0 Å². The molecule has 2 heterocycles. The van der Waals surface area contributed by atoms with Crippen molar-refractivity contribution in [1.82, 2.24) is 20.2 Å². The van der Waals surface area contributed by atoms with Gasteiger partial charge < -0.3 is 15.0 Å². The molecule has 1 aliphatic heterocycles. The molecule has 6 heteroatoms. The molecular weight excluding hydrogens is 458 g/mol. The molecule has 6 nitrogen and oxygen atoms in total. The molecule has 3 aromatic rings. The standard InChI is InChI=1S/C31H43N5O/c1-5-17-32-22-23-11-12-27-26(21-23)29(34-30(33-27)31(15-16-31)35(3)18-6-2)36-19-13-24(14-20-36)25-9-7-8-10-28(25)37-4/h7-12,21,24,32H,5-6,13-20,22H2,1-4H3. The van der Waals surface area contributed by atoms with E-state index in [0.717, 1.165) is 94.2 Å². The van der Waals surface area contributed by atoms with E-state index in [-0.39, 0.29) is 5.54 Å². The molecule has 2 fully saturated rings. The number of para-hydroxylation sites is 1. The average Bonchev–Trinajstić information content (AvgIpc) is 3.75. The van der Waals surface area contributed by atoms with Gasteiger partial charge in [-0.2, -0.15) is 0 Å². The number of benzene rings is 2. The first-order valence-corrected chi connectivity index (χ1v) is 14.2. The fourth-order valence-corrected chi connectivity index (χ4v) is 5.98. The molecular formula is C31H43N5O. The predicted molar refractivity (Wildman–Crippen MR) is 153 cm³/mol. The number of aromatic nitrogens is 2. The molecule has 2 aromatic carbocycles. The number of anilines is 1. The lowest BCUT2D eigenvalue weighted by atomic mass is 9.88. The maximum atomic E-state index is 5.68. The zero-order valence-corrected chi connectivity index (χ0v) is 23.1. The number of methoxy groups -OCH3 is 1. The minimum Gasteiger partial charge on any atom is -0.496 e. The van der Waals surface area contributed by atoms with Crippen LogP contribution in [0.25, 0.3) is 10.9 Å². The van der Waals surface area contributed by atoms with Crippen molar-refractivity contribution in [2.24, 2.45) is 0 Å². The van der Waals surface area contributed by atoms with E-state index >= 15 is 0 Å². The van der Waals surface area contributed by atoms with Crippen LogP contribution in [0.4, 0.5) is 5.82 Å². The summed E-state index contributed by atoms with van der Waals surface area (Å²) < 4.78 is 5.68. The Labute approximate surface area is 222 Å². The minimum absolute atomic E-state index is 0.00394. The zero-order valence-electron chi connectivity index (χ0n) is 23.1. The van der Waals surface area contributed by atoms with Gasteiger partial charge in [0.05, 0.1) is 18.2 Å². The highest BCUT2D eigenvalue weighted by atomic mass is 16.5. The predicted octanol–water partition coefficient (Wildman–Crippen LogP) is 5.85. The lowest BCUT2D eigenvalue weighted by molar-refractivity contribution is 0.213. The topological polar surface area (TPSA) is 53.5 Å². The van der Waals surface area contributed by atoms with Crippen molar-refractivity contribution in [3.8, 4) is 5.75 Å². The SMILES string of the molecule is CCCNCc1ccc2nc(C3(N(C)CCC)CC3)nc(N3CCC(c4ccccc4OC)CC3)c2c1. The van der Waals surface area contributed by atoms with E-state index in [0.29, 0.717) is 5.92 Å². The summed E-state index contributed by atoms with van der Waals surface area (Å²) in [6.45, 7) is 9.42. The first-order valence-electron chi connectivity index (χ1n) is 14.2. The van der Waals surface area contributed by atoms with Crippen LogP contribution < -0.4 is 15.0 Å². The summed E-state index contributed by atoms with van der Waals surface area (Å²) in [4.78, 5) is 15.5. The Bertz CT molecular complexity index is 1200. The molecule has 5 rings (SSSR count). The summed E-state index contributed by atoms with van der Waals surface area (Å²) in [7, 11) is 4.02. The second-order valence-electron chi connectivity index (χ2n) is 10.9. The highest BCUT2D eigenvalue weighted by Crippen LogP contribution is 2.50. The monoisotopic (exact) mass is 501 g/mol. The number of ether oxygens (including phenoxy) is 1. The van der Waals surface area contributed by atoms with Gasteiger partial charge in [0.25, 0.3) is 0 Å². The summed E-state index contributed by atoms with van der Waals surface area (Å²) in [5.41, 5.74) is 3.70. The van der Waals surface area contributed by atoms with Crippen LogP contribution in [0.15, 0.2) is 42.5 Å². The number of nitrogens with one attached hydrogen (secondary N) is 1. The summed E-state index contributed by atoms with van der Waals surface area (Å²) >= 11 is 0. The molecule has 2 aliphatic rings. The maximum Gasteiger partial charge on any atom is 0.151 e. The number of hydrogen-bond donors (Lipinski definition) is 1. The van der Waals surface area contributed by atoms with Gasteiger partial charge in [-0.3, -0.25) is 4.90 Å².